The van der Waals surface area contributed by atoms with Gasteiger partial charge in [-0.1, -0.05) is 30.3 Å². The minimum absolute atomic E-state index is 0.117. The Kier molecular flexibility index (Phi) is 4.87. The second-order valence-corrected chi connectivity index (χ2v) is 3.27. The molecule has 0 heterocycles. The van der Waals surface area contributed by atoms with Crippen LogP contribution in [0.1, 0.15) is 12.0 Å². The van der Waals surface area contributed by atoms with Crippen molar-refractivity contribution in [3.05, 3.63) is 35.9 Å². The van der Waals surface area contributed by atoms with E-state index in [-0.39, 0.29) is 12.4 Å². The van der Waals surface area contributed by atoms with Gasteiger partial charge in [0.15, 0.2) is 0 Å². The predicted molar refractivity (Wildman–Crippen MR) is 58.0 cm³/mol. The minimum Gasteiger partial charge on any atom is -0.426 e. The summed E-state index contributed by atoms with van der Waals surface area (Å²) in [5.74, 6) is -0.174. The number of carbonyl (C=O) groups is 1. The van der Waals surface area contributed by atoms with Crippen LogP contribution in [0, 0.1) is 0 Å². The third-order valence-electron chi connectivity index (χ3n) is 1.97. The molecule has 5 heteroatoms. The van der Waals surface area contributed by atoms with Crippen LogP contribution in [-0.2, 0) is 11.2 Å². The van der Waals surface area contributed by atoms with E-state index in [1.165, 1.54) is 0 Å². The second-order valence-electron chi connectivity index (χ2n) is 3.27. The first-order chi connectivity index (χ1) is 7.18. The number of amides is 1. The van der Waals surface area contributed by atoms with Crippen molar-refractivity contribution < 1.29 is 14.8 Å². The molecule has 0 radical (unpaired) electrons. The molecule has 0 spiro atoms. The van der Waals surface area contributed by atoms with Gasteiger partial charge in [0, 0.05) is 6.42 Å². The molecule has 1 aromatic rings. The molecule has 0 bridgehead atoms. The molecule has 1 rings (SSSR count). The highest BCUT2D eigenvalue weighted by Gasteiger charge is 2.08. The van der Waals surface area contributed by atoms with Gasteiger partial charge in [-0.3, -0.25) is 4.79 Å². The molecule has 1 aromatic carbocycles. The van der Waals surface area contributed by atoms with Crippen molar-refractivity contribution in [1.29, 1.82) is 0 Å². The van der Waals surface area contributed by atoms with Gasteiger partial charge < -0.3 is 15.4 Å². The fourth-order valence-electron chi connectivity index (χ4n) is 1.20. The third kappa shape index (κ3) is 5.19. The van der Waals surface area contributed by atoms with Crippen LogP contribution in [0.5, 0.6) is 0 Å². The number of hydrogen-bond acceptors (Lipinski definition) is 3. The standard InChI is InChI=1S/C10H14BNO3/c13-10(12-8-11(14)15)7-6-9-4-2-1-3-5-9/h1-5,14-15H,6-8H2,(H,12,13). The van der Waals surface area contributed by atoms with Crippen molar-refractivity contribution in [2.24, 2.45) is 0 Å². The summed E-state index contributed by atoms with van der Waals surface area (Å²) in [6.07, 6.45) is 0.901. The van der Waals surface area contributed by atoms with Crippen molar-refractivity contribution in [1.82, 2.24) is 5.32 Å². The van der Waals surface area contributed by atoms with Crippen LogP contribution in [0.3, 0.4) is 0 Å². The Hall–Kier alpha value is -1.33. The van der Waals surface area contributed by atoms with Crippen LogP contribution in [0.4, 0.5) is 0 Å². The van der Waals surface area contributed by atoms with Gasteiger partial charge in [-0.15, -0.1) is 0 Å². The maximum atomic E-state index is 11.2. The molecule has 1 amide bonds. The van der Waals surface area contributed by atoms with E-state index in [9.17, 15) is 4.79 Å². The smallest absolute Gasteiger partial charge is 0.426 e. The highest BCUT2D eigenvalue weighted by Crippen LogP contribution is 2.01. The molecule has 0 unspecified atom stereocenters. The lowest BCUT2D eigenvalue weighted by Crippen LogP contribution is -2.35. The number of rotatable bonds is 5. The van der Waals surface area contributed by atoms with Gasteiger partial charge in [0.2, 0.25) is 5.91 Å². The zero-order chi connectivity index (χ0) is 11.1. The lowest BCUT2D eigenvalue weighted by Gasteiger charge is -2.04. The molecule has 0 aliphatic carbocycles. The molecule has 4 nitrogen and oxygen atoms in total. The fraction of sp³-hybridized carbons (Fsp3) is 0.300. The zero-order valence-electron chi connectivity index (χ0n) is 8.39. The second kappa shape index (κ2) is 6.21. The van der Waals surface area contributed by atoms with Gasteiger partial charge in [0.05, 0.1) is 6.44 Å². The summed E-state index contributed by atoms with van der Waals surface area (Å²) in [6.45, 7) is 0. The van der Waals surface area contributed by atoms with E-state index in [2.05, 4.69) is 5.32 Å². The summed E-state index contributed by atoms with van der Waals surface area (Å²) >= 11 is 0. The molecule has 0 saturated heterocycles. The van der Waals surface area contributed by atoms with E-state index in [4.69, 9.17) is 10.0 Å². The van der Waals surface area contributed by atoms with E-state index in [0.717, 1.165) is 5.56 Å². The Morgan fingerprint density at radius 3 is 2.53 bits per heavy atom. The van der Waals surface area contributed by atoms with Crippen molar-refractivity contribution in [3.8, 4) is 0 Å². The molecular weight excluding hydrogens is 193 g/mol. The Balaban J connectivity index is 2.23. The van der Waals surface area contributed by atoms with Crippen LogP contribution < -0.4 is 5.32 Å². The van der Waals surface area contributed by atoms with E-state index < -0.39 is 7.12 Å². The maximum absolute atomic E-state index is 11.2. The fourth-order valence-corrected chi connectivity index (χ4v) is 1.20. The normalized spacial score (nSPS) is 9.73. The summed E-state index contributed by atoms with van der Waals surface area (Å²) in [5.41, 5.74) is 1.09. The van der Waals surface area contributed by atoms with Crippen LogP contribution in [0.15, 0.2) is 30.3 Å². The highest BCUT2D eigenvalue weighted by atomic mass is 16.4. The Morgan fingerprint density at radius 2 is 1.93 bits per heavy atom. The SMILES string of the molecule is O=C(CCc1ccccc1)NCB(O)O. The Labute approximate surface area is 89.1 Å². The molecule has 0 fully saturated rings. The number of carbonyl (C=O) groups excluding carboxylic acids is 1. The molecular formula is C10H14BNO3. The van der Waals surface area contributed by atoms with Gasteiger partial charge in [-0.05, 0) is 12.0 Å². The lowest BCUT2D eigenvalue weighted by atomic mass is 9.92. The average molecular weight is 207 g/mol. The molecule has 0 aromatic heterocycles. The van der Waals surface area contributed by atoms with Crippen LogP contribution >= 0.6 is 0 Å². The number of benzene rings is 1. The van der Waals surface area contributed by atoms with Crippen molar-refractivity contribution in [2.75, 3.05) is 6.44 Å². The van der Waals surface area contributed by atoms with E-state index in [1.54, 1.807) is 0 Å². The average Bonchev–Trinajstić information content (AvgIpc) is 2.25. The van der Waals surface area contributed by atoms with Gasteiger partial charge in [-0.25, -0.2) is 0 Å². The predicted octanol–water partition coefficient (Wildman–Crippen LogP) is -0.253. The highest BCUT2D eigenvalue weighted by molar-refractivity contribution is 6.41. The summed E-state index contributed by atoms with van der Waals surface area (Å²) in [6, 6.07) is 9.67. The van der Waals surface area contributed by atoms with Crippen LogP contribution in [-0.4, -0.2) is 29.5 Å². The number of hydrogen-bond donors (Lipinski definition) is 3. The van der Waals surface area contributed by atoms with Gasteiger partial charge in [-0.2, -0.15) is 0 Å². The monoisotopic (exact) mass is 207 g/mol. The molecule has 15 heavy (non-hydrogen) atoms. The van der Waals surface area contributed by atoms with E-state index in [0.29, 0.717) is 12.8 Å². The quantitative estimate of drug-likeness (QED) is 0.583. The summed E-state index contributed by atoms with van der Waals surface area (Å²) < 4.78 is 0. The number of aryl methyl sites for hydroxylation is 1. The van der Waals surface area contributed by atoms with E-state index in [1.807, 2.05) is 30.3 Å². The van der Waals surface area contributed by atoms with Gasteiger partial charge >= 0.3 is 7.12 Å². The minimum atomic E-state index is -1.48. The van der Waals surface area contributed by atoms with Crippen molar-refractivity contribution >= 4 is 13.0 Å². The van der Waals surface area contributed by atoms with Gasteiger partial charge in [0.1, 0.15) is 0 Å². The first-order valence-corrected chi connectivity index (χ1v) is 4.85. The largest absolute Gasteiger partial charge is 0.472 e. The molecule has 0 saturated carbocycles. The lowest BCUT2D eigenvalue weighted by molar-refractivity contribution is -0.120. The number of nitrogens with one attached hydrogen (secondary N) is 1. The van der Waals surface area contributed by atoms with Crippen LogP contribution in [0.25, 0.3) is 0 Å². The summed E-state index contributed by atoms with van der Waals surface area (Å²) in [4.78, 5) is 11.2. The first kappa shape index (κ1) is 11.7. The molecule has 80 valence electrons. The zero-order valence-corrected chi connectivity index (χ0v) is 8.39. The molecule has 0 aliphatic rings. The molecule has 3 N–H and O–H groups in total. The Bertz CT molecular complexity index is 303. The first-order valence-electron chi connectivity index (χ1n) is 4.85. The molecule has 0 atom stereocenters. The molecule has 0 aliphatic heterocycles. The summed E-state index contributed by atoms with van der Waals surface area (Å²) in [5, 5.41) is 19.5. The van der Waals surface area contributed by atoms with E-state index >= 15 is 0 Å². The van der Waals surface area contributed by atoms with Crippen LogP contribution in [0.2, 0.25) is 0 Å². The van der Waals surface area contributed by atoms with Gasteiger partial charge in [0.25, 0.3) is 0 Å². The van der Waals surface area contributed by atoms with Crippen molar-refractivity contribution in [3.63, 3.8) is 0 Å². The topological polar surface area (TPSA) is 69.6 Å². The third-order valence-corrected chi connectivity index (χ3v) is 1.97. The Morgan fingerprint density at radius 1 is 1.27 bits per heavy atom. The van der Waals surface area contributed by atoms with Crippen molar-refractivity contribution in [2.45, 2.75) is 12.8 Å². The summed E-state index contributed by atoms with van der Waals surface area (Å²) in [7, 11) is -1.48. The maximum Gasteiger partial charge on any atom is 0.472 e.